The molecular weight excluding hydrogens is 364 g/mol. The Hall–Kier alpha value is -2.33. The smallest absolute Gasteiger partial charge is 0.323 e. The molecule has 142 valence electrons. The third-order valence-corrected chi connectivity index (χ3v) is 5.83. The van der Waals surface area contributed by atoms with Crippen molar-refractivity contribution in [3.8, 4) is 11.5 Å². The van der Waals surface area contributed by atoms with Crippen molar-refractivity contribution in [2.75, 3.05) is 32.7 Å². The van der Waals surface area contributed by atoms with Gasteiger partial charge in [0.05, 0.1) is 11.8 Å². The van der Waals surface area contributed by atoms with Crippen LogP contribution in [0.3, 0.4) is 0 Å². The molecule has 0 aromatic heterocycles. The van der Waals surface area contributed by atoms with Crippen molar-refractivity contribution in [3.05, 3.63) is 23.8 Å². The van der Waals surface area contributed by atoms with Crippen LogP contribution in [0.15, 0.2) is 18.2 Å². The largest absolute Gasteiger partial charge is 0.480 e. The van der Waals surface area contributed by atoms with E-state index in [0.29, 0.717) is 24.3 Å². The summed E-state index contributed by atoms with van der Waals surface area (Å²) in [5, 5.41) is 9.23. The van der Waals surface area contributed by atoms with E-state index >= 15 is 0 Å². The number of rotatable bonds is 5. The second-order valence-electron chi connectivity index (χ2n) is 6.26. The Morgan fingerprint density at radius 2 is 1.96 bits per heavy atom. The van der Waals surface area contributed by atoms with Crippen molar-refractivity contribution in [2.45, 2.75) is 18.9 Å². The van der Waals surface area contributed by atoms with Gasteiger partial charge in [-0.1, -0.05) is 6.07 Å². The highest BCUT2D eigenvalue weighted by Crippen LogP contribution is 2.36. The average Bonchev–Trinajstić information content (AvgIpc) is 3.07. The second-order valence-corrected chi connectivity index (χ2v) is 8.24. The van der Waals surface area contributed by atoms with Crippen LogP contribution in [0.2, 0.25) is 0 Å². The van der Waals surface area contributed by atoms with E-state index < -0.39 is 28.4 Å². The second kappa shape index (κ2) is 7.12. The van der Waals surface area contributed by atoms with Gasteiger partial charge in [0.15, 0.2) is 11.5 Å². The van der Waals surface area contributed by atoms with Crippen molar-refractivity contribution in [3.63, 3.8) is 0 Å². The Balaban J connectivity index is 1.82. The van der Waals surface area contributed by atoms with Crippen LogP contribution < -0.4 is 9.47 Å². The number of carbonyl (C=O) groups excluding carboxylic acids is 1. The number of amides is 1. The van der Waals surface area contributed by atoms with Crippen LogP contribution in [0.5, 0.6) is 11.5 Å². The Kier molecular flexibility index (Phi) is 5.05. The molecule has 2 aliphatic rings. The molecule has 2 aliphatic heterocycles. The van der Waals surface area contributed by atoms with Crippen molar-refractivity contribution < 1.29 is 32.6 Å². The Morgan fingerprint density at radius 1 is 1.27 bits per heavy atom. The molecule has 1 saturated heterocycles. The molecule has 1 amide bonds. The van der Waals surface area contributed by atoms with Gasteiger partial charge in [-0.2, -0.15) is 0 Å². The maximum atomic E-state index is 13.0. The number of carboxylic acid groups (broad SMARTS) is 1. The van der Waals surface area contributed by atoms with Crippen LogP contribution in [0.1, 0.15) is 23.2 Å². The topological polar surface area (TPSA) is 113 Å². The van der Waals surface area contributed by atoms with E-state index in [1.54, 1.807) is 18.2 Å². The number of aliphatic carboxylic acids is 1. The fraction of sp³-hybridized carbons (Fsp3) is 0.500. The first-order chi connectivity index (χ1) is 12.3. The predicted molar refractivity (Wildman–Crippen MR) is 90.7 cm³/mol. The number of benzene rings is 1. The number of fused-ring (bicyclic) bond motifs is 1. The van der Waals surface area contributed by atoms with Gasteiger partial charge in [-0.05, 0) is 25.0 Å². The predicted octanol–water partition coefficient (Wildman–Crippen LogP) is 0.366. The zero-order valence-corrected chi connectivity index (χ0v) is 15.1. The quantitative estimate of drug-likeness (QED) is 0.780. The minimum Gasteiger partial charge on any atom is -0.480 e. The highest BCUT2D eigenvalue weighted by molar-refractivity contribution is 7.88. The minimum absolute atomic E-state index is 0.00526. The van der Waals surface area contributed by atoms with Crippen LogP contribution in [0.25, 0.3) is 0 Å². The summed E-state index contributed by atoms with van der Waals surface area (Å²) in [4.78, 5) is 25.6. The molecule has 3 rings (SSSR count). The van der Waals surface area contributed by atoms with Gasteiger partial charge in [-0.15, -0.1) is 0 Å². The maximum Gasteiger partial charge on any atom is 0.323 e. The van der Waals surface area contributed by atoms with Crippen molar-refractivity contribution in [2.24, 2.45) is 0 Å². The summed E-state index contributed by atoms with van der Waals surface area (Å²) < 4.78 is 35.2. The van der Waals surface area contributed by atoms with E-state index in [4.69, 9.17) is 9.47 Å². The summed E-state index contributed by atoms with van der Waals surface area (Å²) in [6, 6.07) is 4.52. The third kappa shape index (κ3) is 3.75. The number of sulfonamides is 1. The average molecular weight is 384 g/mol. The summed E-state index contributed by atoms with van der Waals surface area (Å²) in [6.07, 6.45) is 1.88. The van der Waals surface area contributed by atoms with Gasteiger partial charge in [-0.3, -0.25) is 9.59 Å². The number of piperidine rings is 1. The number of nitrogens with zero attached hydrogens (tertiary/aromatic N) is 2. The summed E-state index contributed by atoms with van der Waals surface area (Å²) in [5.74, 6) is -0.847. The lowest BCUT2D eigenvalue weighted by molar-refractivity contribution is -0.138. The molecule has 2 heterocycles. The molecule has 0 bridgehead atoms. The number of carboxylic acids is 1. The highest BCUT2D eigenvalue weighted by atomic mass is 32.2. The lowest BCUT2D eigenvalue weighted by atomic mass is 10.0. The van der Waals surface area contributed by atoms with Crippen LogP contribution in [-0.4, -0.2) is 73.3 Å². The lowest BCUT2D eigenvalue weighted by Crippen LogP contribution is -2.50. The first kappa shape index (κ1) is 18.5. The van der Waals surface area contributed by atoms with Gasteiger partial charge >= 0.3 is 5.97 Å². The Labute approximate surface area is 151 Å². The first-order valence-electron chi connectivity index (χ1n) is 8.14. The molecule has 26 heavy (non-hydrogen) atoms. The number of hydrogen-bond acceptors (Lipinski definition) is 6. The summed E-state index contributed by atoms with van der Waals surface area (Å²) in [6.45, 7) is 0.0387. The molecule has 0 spiro atoms. The van der Waals surface area contributed by atoms with Gasteiger partial charge < -0.3 is 19.5 Å². The Morgan fingerprint density at radius 3 is 2.58 bits per heavy atom. The zero-order chi connectivity index (χ0) is 18.9. The Bertz CT molecular complexity index is 816. The van der Waals surface area contributed by atoms with E-state index in [0.717, 1.165) is 6.26 Å². The van der Waals surface area contributed by atoms with Crippen LogP contribution in [0, 0.1) is 0 Å². The highest BCUT2D eigenvalue weighted by Gasteiger charge is 2.34. The van der Waals surface area contributed by atoms with E-state index in [1.807, 2.05) is 0 Å². The number of carbonyl (C=O) groups is 2. The number of ether oxygens (including phenoxy) is 2. The van der Waals surface area contributed by atoms with Crippen LogP contribution in [-0.2, 0) is 14.8 Å². The van der Waals surface area contributed by atoms with E-state index in [9.17, 15) is 23.1 Å². The standard InChI is InChI=1S/C16H20N2O7S/c1-26(22,23)17-7-5-11(6-8-17)18(9-14(19)20)16(21)12-3-2-4-13-15(12)25-10-24-13/h2-4,11H,5-10H2,1H3,(H,19,20). The molecule has 1 aromatic rings. The molecule has 0 aliphatic carbocycles. The number of para-hydroxylation sites is 1. The molecule has 1 N–H and O–H groups in total. The van der Waals surface area contributed by atoms with Gasteiger partial charge in [0.2, 0.25) is 16.8 Å². The van der Waals surface area contributed by atoms with Gasteiger partial charge in [0, 0.05) is 19.1 Å². The molecule has 0 radical (unpaired) electrons. The third-order valence-electron chi connectivity index (χ3n) is 4.53. The fourth-order valence-electron chi connectivity index (χ4n) is 3.25. The van der Waals surface area contributed by atoms with Crippen LogP contribution >= 0.6 is 0 Å². The van der Waals surface area contributed by atoms with Crippen LogP contribution in [0.4, 0.5) is 0 Å². The van der Waals surface area contributed by atoms with Gasteiger partial charge in [0.25, 0.3) is 5.91 Å². The molecule has 1 aromatic carbocycles. The SMILES string of the molecule is CS(=O)(=O)N1CCC(N(CC(=O)O)C(=O)c2cccc3c2OCO3)CC1. The molecule has 0 saturated carbocycles. The van der Waals surface area contributed by atoms with Gasteiger partial charge in [-0.25, -0.2) is 12.7 Å². The van der Waals surface area contributed by atoms with Crippen molar-refractivity contribution in [1.82, 2.24) is 9.21 Å². The zero-order valence-electron chi connectivity index (χ0n) is 14.3. The van der Waals surface area contributed by atoms with E-state index in [1.165, 1.54) is 9.21 Å². The molecule has 1 fully saturated rings. The minimum atomic E-state index is -3.30. The molecule has 0 unspecified atom stereocenters. The fourth-order valence-corrected chi connectivity index (χ4v) is 4.13. The normalized spacial score (nSPS) is 17.9. The van der Waals surface area contributed by atoms with E-state index in [-0.39, 0.29) is 31.5 Å². The van der Waals surface area contributed by atoms with Crippen molar-refractivity contribution in [1.29, 1.82) is 0 Å². The number of hydrogen-bond donors (Lipinski definition) is 1. The van der Waals surface area contributed by atoms with E-state index in [2.05, 4.69) is 0 Å². The molecule has 0 atom stereocenters. The molecular formula is C16H20N2O7S. The first-order valence-corrected chi connectivity index (χ1v) is 9.98. The monoisotopic (exact) mass is 384 g/mol. The van der Waals surface area contributed by atoms with Gasteiger partial charge in [0.1, 0.15) is 6.54 Å². The summed E-state index contributed by atoms with van der Waals surface area (Å²) >= 11 is 0. The van der Waals surface area contributed by atoms with Crippen molar-refractivity contribution >= 4 is 21.9 Å². The molecule has 10 heteroatoms. The summed E-state index contributed by atoms with van der Waals surface area (Å²) in [7, 11) is -3.30. The maximum absolute atomic E-state index is 13.0. The molecule has 9 nitrogen and oxygen atoms in total. The summed E-state index contributed by atoms with van der Waals surface area (Å²) in [5.41, 5.74) is 0.242. The lowest BCUT2D eigenvalue weighted by Gasteiger charge is -2.37.